The van der Waals surface area contributed by atoms with Crippen molar-refractivity contribution in [1.29, 1.82) is 0 Å². The van der Waals surface area contributed by atoms with Gasteiger partial charge in [0.05, 0.1) is 12.1 Å². The zero-order valence-electron chi connectivity index (χ0n) is 9.85. The van der Waals surface area contributed by atoms with E-state index in [4.69, 9.17) is 4.74 Å². The van der Waals surface area contributed by atoms with Crippen molar-refractivity contribution in [3.05, 3.63) is 29.8 Å². The zero-order chi connectivity index (χ0) is 12.3. The van der Waals surface area contributed by atoms with Crippen LogP contribution < -0.4 is 5.32 Å². The predicted molar refractivity (Wildman–Crippen MR) is 69.6 cm³/mol. The van der Waals surface area contributed by atoms with Crippen LogP contribution in [0.5, 0.6) is 0 Å². The molecule has 1 heterocycles. The summed E-state index contributed by atoms with van der Waals surface area (Å²) >= 11 is 4.22. The molecular weight excluding hydrogens is 234 g/mol. The van der Waals surface area contributed by atoms with Crippen LogP contribution in [0.25, 0.3) is 0 Å². The maximum absolute atomic E-state index is 12.0. The molecule has 1 aliphatic rings. The van der Waals surface area contributed by atoms with Gasteiger partial charge in [-0.15, -0.1) is 12.6 Å². The summed E-state index contributed by atoms with van der Waals surface area (Å²) < 4.78 is 5.55. The van der Waals surface area contributed by atoms with Crippen molar-refractivity contribution in [3.63, 3.8) is 0 Å². The second-order valence-corrected chi connectivity index (χ2v) is 4.88. The number of carbonyl (C=O) groups excluding carboxylic acids is 1. The number of amides is 1. The summed E-state index contributed by atoms with van der Waals surface area (Å²) in [6, 6.07) is 7.28. The second-order valence-electron chi connectivity index (χ2n) is 4.36. The molecule has 0 radical (unpaired) electrons. The van der Waals surface area contributed by atoms with Crippen LogP contribution in [-0.2, 0) is 4.74 Å². The Hall–Kier alpha value is -1.00. The number of benzene rings is 1. The molecule has 4 heteroatoms. The van der Waals surface area contributed by atoms with Gasteiger partial charge in [0.25, 0.3) is 5.91 Å². The smallest absolute Gasteiger partial charge is 0.251 e. The summed E-state index contributed by atoms with van der Waals surface area (Å²) in [5, 5.41) is 2.97. The van der Waals surface area contributed by atoms with Gasteiger partial charge < -0.3 is 10.1 Å². The lowest BCUT2D eigenvalue weighted by Gasteiger charge is -2.20. The van der Waals surface area contributed by atoms with Crippen molar-refractivity contribution < 1.29 is 9.53 Å². The second kappa shape index (κ2) is 5.56. The summed E-state index contributed by atoms with van der Waals surface area (Å²) in [5.41, 5.74) is 0.641. The molecule has 2 rings (SSSR count). The van der Waals surface area contributed by atoms with Gasteiger partial charge in [0.2, 0.25) is 0 Å². The molecule has 1 amide bonds. The van der Waals surface area contributed by atoms with E-state index < -0.39 is 0 Å². The van der Waals surface area contributed by atoms with Crippen LogP contribution in [0.2, 0.25) is 0 Å². The van der Waals surface area contributed by atoms with Gasteiger partial charge in [-0.05, 0) is 38.0 Å². The molecule has 0 saturated carbocycles. The van der Waals surface area contributed by atoms with Gasteiger partial charge in [-0.25, -0.2) is 0 Å². The summed E-state index contributed by atoms with van der Waals surface area (Å²) in [7, 11) is 0. The molecule has 0 bridgehead atoms. The predicted octanol–water partition coefficient (Wildman–Crippen LogP) is 2.27. The Morgan fingerprint density at radius 1 is 1.59 bits per heavy atom. The highest BCUT2D eigenvalue weighted by Gasteiger charge is 2.23. The quantitative estimate of drug-likeness (QED) is 0.809. The summed E-state index contributed by atoms with van der Waals surface area (Å²) in [5.74, 6) is -0.0658. The topological polar surface area (TPSA) is 38.3 Å². The van der Waals surface area contributed by atoms with Crippen molar-refractivity contribution in [2.75, 3.05) is 6.61 Å². The zero-order valence-corrected chi connectivity index (χ0v) is 10.7. The lowest BCUT2D eigenvalue weighted by atomic mass is 10.1. The van der Waals surface area contributed by atoms with Gasteiger partial charge >= 0.3 is 0 Å². The highest BCUT2D eigenvalue weighted by Crippen LogP contribution is 2.16. The number of nitrogens with one attached hydrogen (secondary N) is 1. The van der Waals surface area contributed by atoms with Crippen molar-refractivity contribution >= 4 is 18.5 Å². The van der Waals surface area contributed by atoms with E-state index in [2.05, 4.69) is 17.9 Å². The van der Waals surface area contributed by atoms with Crippen LogP contribution in [0.4, 0.5) is 0 Å². The van der Waals surface area contributed by atoms with Crippen LogP contribution in [-0.4, -0.2) is 24.7 Å². The minimum Gasteiger partial charge on any atom is -0.376 e. The molecule has 2 unspecified atom stereocenters. The van der Waals surface area contributed by atoms with Crippen LogP contribution in [0.1, 0.15) is 30.1 Å². The first-order valence-corrected chi connectivity index (χ1v) is 6.33. The summed E-state index contributed by atoms with van der Waals surface area (Å²) in [4.78, 5) is 12.8. The minimum absolute atomic E-state index is 0.0496. The molecule has 92 valence electrons. The van der Waals surface area contributed by atoms with E-state index in [9.17, 15) is 4.79 Å². The molecule has 3 nitrogen and oxygen atoms in total. The van der Waals surface area contributed by atoms with E-state index in [0.29, 0.717) is 5.56 Å². The Balaban J connectivity index is 1.96. The fourth-order valence-corrected chi connectivity index (χ4v) is 2.25. The van der Waals surface area contributed by atoms with Crippen LogP contribution in [0, 0.1) is 0 Å². The Labute approximate surface area is 107 Å². The van der Waals surface area contributed by atoms with E-state index in [1.165, 1.54) is 0 Å². The largest absolute Gasteiger partial charge is 0.376 e. The van der Waals surface area contributed by atoms with Crippen LogP contribution >= 0.6 is 12.6 Å². The first-order chi connectivity index (χ1) is 8.16. The van der Waals surface area contributed by atoms with Crippen molar-refractivity contribution in [3.8, 4) is 0 Å². The van der Waals surface area contributed by atoms with Gasteiger partial charge in [-0.2, -0.15) is 0 Å². The molecule has 0 spiro atoms. The number of rotatable bonds is 3. The van der Waals surface area contributed by atoms with Crippen LogP contribution in [0.15, 0.2) is 29.2 Å². The Kier molecular flexibility index (Phi) is 4.07. The van der Waals surface area contributed by atoms with Gasteiger partial charge in [0, 0.05) is 17.1 Å². The molecule has 1 aromatic carbocycles. The molecule has 1 fully saturated rings. The number of thiol groups is 1. The van der Waals surface area contributed by atoms with E-state index in [-0.39, 0.29) is 18.1 Å². The maximum Gasteiger partial charge on any atom is 0.251 e. The molecule has 1 aromatic rings. The maximum atomic E-state index is 12.0. The first kappa shape index (κ1) is 12.5. The molecule has 1 N–H and O–H groups in total. The Morgan fingerprint density at radius 2 is 2.41 bits per heavy atom. The van der Waals surface area contributed by atoms with Crippen LogP contribution in [0.3, 0.4) is 0 Å². The number of hydrogen-bond acceptors (Lipinski definition) is 3. The Morgan fingerprint density at radius 3 is 3.06 bits per heavy atom. The lowest BCUT2D eigenvalue weighted by molar-refractivity contribution is 0.0712. The van der Waals surface area contributed by atoms with Gasteiger partial charge in [0.1, 0.15) is 0 Å². The lowest BCUT2D eigenvalue weighted by Crippen LogP contribution is -2.40. The molecule has 17 heavy (non-hydrogen) atoms. The molecule has 2 atom stereocenters. The van der Waals surface area contributed by atoms with Crippen molar-refractivity contribution in [2.45, 2.75) is 36.8 Å². The number of ether oxygens (including phenoxy) is 1. The monoisotopic (exact) mass is 251 g/mol. The summed E-state index contributed by atoms with van der Waals surface area (Å²) in [6.07, 6.45) is 2.25. The molecule has 1 aliphatic heterocycles. The van der Waals surface area contributed by atoms with E-state index in [1.54, 1.807) is 12.1 Å². The van der Waals surface area contributed by atoms with Crippen molar-refractivity contribution in [2.24, 2.45) is 0 Å². The van der Waals surface area contributed by atoms with E-state index in [0.717, 1.165) is 24.3 Å². The van der Waals surface area contributed by atoms with Gasteiger partial charge in [-0.1, -0.05) is 6.07 Å². The molecule has 0 aromatic heterocycles. The van der Waals surface area contributed by atoms with Gasteiger partial charge in [0.15, 0.2) is 0 Å². The fourth-order valence-electron chi connectivity index (χ4n) is 2.03. The standard InChI is InChI=1S/C13H17NO2S/c1-9(12-6-3-7-16-12)14-13(15)10-4-2-5-11(17)8-10/h2,4-5,8-9,12,17H,3,6-7H2,1H3,(H,14,15). The third-order valence-corrected chi connectivity index (χ3v) is 3.27. The normalized spacial score (nSPS) is 21.2. The number of hydrogen-bond donors (Lipinski definition) is 2. The average molecular weight is 251 g/mol. The SMILES string of the molecule is CC(NC(=O)c1cccc(S)c1)C1CCCO1. The molecule has 1 saturated heterocycles. The fraction of sp³-hybridized carbons (Fsp3) is 0.462. The third-order valence-electron chi connectivity index (χ3n) is 2.99. The van der Waals surface area contributed by atoms with E-state index >= 15 is 0 Å². The molecular formula is C13H17NO2S. The molecule has 0 aliphatic carbocycles. The highest BCUT2D eigenvalue weighted by molar-refractivity contribution is 7.80. The minimum atomic E-state index is -0.0658. The average Bonchev–Trinajstić information content (AvgIpc) is 2.82. The third kappa shape index (κ3) is 3.23. The highest BCUT2D eigenvalue weighted by atomic mass is 32.1. The number of carbonyl (C=O) groups is 1. The summed E-state index contributed by atoms with van der Waals surface area (Å²) in [6.45, 7) is 2.79. The first-order valence-electron chi connectivity index (χ1n) is 5.88. The van der Waals surface area contributed by atoms with Gasteiger partial charge in [-0.3, -0.25) is 4.79 Å². The van der Waals surface area contributed by atoms with E-state index in [1.807, 2.05) is 19.1 Å². The Bertz CT molecular complexity index is 402. The van der Waals surface area contributed by atoms with Crippen molar-refractivity contribution in [1.82, 2.24) is 5.32 Å².